The Labute approximate surface area is 130 Å². The fraction of sp³-hybridized carbons (Fsp3) is 0.786. The van der Waals surface area contributed by atoms with Crippen molar-refractivity contribution >= 4 is 15.9 Å². The van der Waals surface area contributed by atoms with E-state index in [0.717, 1.165) is 30.5 Å². The Bertz CT molecular complexity index is 395. The van der Waals surface area contributed by atoms with Crippen LogP contribution in [0.25, 0.3) is 0 Å². The van der Waals surface area contributed by atoms with E-state index in [1.54, 1.807) is 7.11 Å². The largest absolute Gasteiger partial charge is 0.382 e. The van der Waals surface area contributed by atoms with Crippen molar-refractivity contribution in [2.75, 3.05) is 34.3 Å². The van der Waals surface area contributed by atoms with Gasteiger partial charge in [0, 0.05) is 13.7 Å². The summed E-state index contributed by atoms with van der Waals surface area (Å²) in [5.41, 5.74) is 1.21. The zero-order valence-corrected chi connectivity index (χ0v) is 14.8. The van der Waals surface area contributed by atoms with Crippen molar-refractivity contribution < 1.29 is 4.74 Å². The molecule has 116 valence electrons. The average Bonchev–Trinajstić information content (AvgIpc) is 2.76. The molecule has 1 heterocycles. The first-order valence-electron chi connectivity index (χ1n) is 7.11. The maximum atomic E-state index is 5.41. The van der Waals surface area contributed by atoms with Gasteiger partial charge in [-0.15, -0.1) is 0 Å². The molecule has 0 amide bonds. The number of hydrogen-bond donors (Lipinski definition) is 1. The number of rotatable bonds is 9. The van der Waals surface area contributed by atoms with Crippen molar-refractivity contribution in [2.24, 2.45) is 0 Å². The first kappa shape index (κ1) is 17.6. The summed E-state index contributed by atoms with van der Waals surface area (Å²) in [5, 5.41) is 8.02. The van der Waals surface area contributed by atoms with Gasteiger partial charge in [-0.25, -0.2) is 0 Å². The quantitative estimate of drug-likeness (QED) is 0.744. The lowest BCUT2D eigenvalue weighted by Gasteiger charge is -2.23. The molecule has 0 saturated heterocycles. The summed E-state index contributed by atoms with van der Waals surface area (Å²) in [4.78, 5) is 2.17. The summed E-state index contributed by atoms with van der Waals surface area (Å²) in [6.45, 7) is 7.00. The molecule has 0 aromatic carbocycles. The minimum atomic E-state index is 0.211. The smallest absolute Gasteiger partial charge is 0.0697 e. The van der Waals surface area contributed by atoms with E-state index in [0.29, 0.717) is 0 Å². The molecule has 1 aromatic rings. The summed E-state index contributed by atoms with van der Waals surface area (Å²) in [6, 6.07) is 0.244. The van der Waals surface area contributed by atoms with Crippen molar-refractivity contribution in [3.05, 3.63) is 16.4 Å². The van der Waals surface area contributed by atoms with E-state index < -0.39 is 0 Å². The van der Waals surface area contributed by atoms with E-state index >= 15 is 0 Å². The van der Waals surface area contributed by atoms with E-state index in [-0.39, 0.29) is 12.1 Å². The number of halogens is 1. The number of ether oxygens (including phenoxy) is 1. The summed E-state index contributed by atoms with van der Waals surface area (Å²) in [5.74, 6) is 0. The van der Waals surface area contributed by atoms with Gasteiger partial charge in [0.1, 0.15) is 0 Å². The number of hydrogen-bond acceptors (Lipinski definition) is 4. The summed E-state index contributed by atoms with van der Waals surface area (Å²) in [6.07, 6.45) is 3.02. The molecule has 0 aliphatic carbocycles. The first-order chi connectivity index (χ1) is 9.49. The van der Waals surface area contributed by atoms with Gasteiger partial charge in [0.2, 0.25) is 0 Å². The maximum absolute atomic E-state index is 5.41. The van der Waals surface area contributed by atoms with Crippen LogP contribution in [0.3, 0.4) is 0 Å². The molecule has 0 fully saturated rings. The Balaban J connectivity index is 2.90. The molecule has 0 saturated carbocycles. The molecule has 2 atom stereocenters. The van der Waals surface area contributed by atoms with E-state index in [2.05, 4.69) is 63.9 Å². The zero-order valence-electron chi connectivity index (χ0n) is 13.2. The molecule has 1 aromatic heterocycles. The second-order valence-electron chi connectivity index (χ2n) is 5.30. The van der Waals surface area contributed by atoms with E-state index in [9.17, 15) is 0 Å². The van der Waals surface area contributed by atoms with Gasteiger partial charge >= 0.3 is 0 Å². The monoisotopic (exact) mass is 346 g/mol. The minimum absolute atomic E-state index is 0.211. The van der Waals surface area contributed by atoms with Crippen LogP contribution in [0.2, 0.25) is 0 Å². The number of methoxy groups -OCH3 is 1. The predicted molar refractivity (Wildman–Crippen MR) is 86.0 cm³/mol. The van der Waals surface area contributed by atoms with Crippen LogP contribution in [0.1, 0.15) is 32.0 Å². The van der Waals surface area contributed by atoms with Gasteiger partial charge < -0.3 is 15.0 Å². The highest BCUT2D eigenvalue weighted by atomic mass is 79.9. The van der Waals surface area contributed by atoms with Crippen LogP contribution in [-0.2, 0) is 11.3 Å². The van der Waals surface area contributed by atoms with Crippen LogP contribution < -0.4 is 5.32 Å². The third-order valence-corrected chi connectivity index (χ3v) is 3.95. The first-order valence-corrected chi connectivity index (χ1v) is 7.91. The van der Waals surface area contributed by atoms with Gasteiger partial charge in [-0.2, -0.15) is 5.10 Å². The minimum Gasteiger partial charge on any atom is -0.382 e. The molecule has 20 heavy (non-hydrogen) atoms. The van der Waals surface area contributed by atoms with Crippen molar-refractivity contribution in [1.29, 1.82) is 0 Å². The van der Waals surface area contributed by atoms with E-state index in [4.69, 9.17) is 4.74 Å². The van der Waals surface area contributed by atoms with Crippen molar-refractivity contribution in [1.82, 2.24) is 20.0 Å². The Morgan fingerprint density at radius 1 is 1.50 bits per heavy atom. The maximum Gasteiger partial charge on any atom is 0.0697 e. The summed E-state index contributed by atoms with van der Waals surface area (Å²) >= 11 is 3.63. The Hall–Kier alpha value is -0.430. The number of likely N-dealkylation sites (N-methyl/N-ethyl adjacent to an activating group) is 1. The van der Waals surface area contributed by atoms with Gasteiger partial charge in [-0.3, -0.25) is 4.68 Å². The Morgan fingerprint density at radius 3 is 2.75 bits per heavy atom. The Kier molecular flexibility index (Phi) is 7.72. The van der Waals surface area contributed by atoms with E-state index in [1.807, 2.05) is 6.20 Å². The highest BCUT2D eigenvalue weighted by molar-refractivity contribution is 9.10. The lowest BCUT2D eigenvalue weighted by molar-refractivity contribution is 0.0993. The van der Waals surface area contributed by atoms with Crippen LogP contribution in [0.15, 0.2) is 10.7 Å². The molecule has 1 N–H and O–H groups in total. The van der Waals surface area contributed by atoms with Gasteiger partial charge in [0.05, 0.1) is 35.1 Å². The molecular weight excluding hydrogens is 320 g/mol. The van der Waals surface area contributed by atoms with Crippen molar-refractivity contribution in [3.8, 4) is 0 Å². The third kappa shape index (κ3) is 5.16. The average molecular weight is 347 g/mol. The fourth-order valence-electron chi connectivity index (χ4n) is 2.16. The second kappa shape index (κ2) is 8.77. The molecule has 1 rings (SSSR count). The lowest BCUT2D eigenvalue weighted by Crippen LogP contribution is -2.29. The molecular formula is C14H27BrN4O. The van der Waals surface area contributed by atoms with Gasteiger partial charge in [-0.1, -0.05) is 6.92 Å². The SMILES string of the molecule is CCNC(CC(C)OC)c1c(Br)cnn1CCN(C)C. The third-order valence-electron chi connectivity index (χ3n) is 3.34. The lowest BCUT2D eigenvalue weighted by atomic mass is 10.1. The highest BCUT2D eigenvalue weighted by Gasteiger charge is 2.21. The highest BCUT2D eigenvalue weighted by Crippen LogP contribution is 2.27. The second-order valence-corrected chi connectivity index (χ2v) is 6.15. The number of nitrogens with zero attached hydrogens (tertiary/aromatic N) is 3. The number of aromatic nitrogens is 2. The predicted octanol–water partition coefficient (Wildman–Crippen LogP) is 2.28. The van der Waals surface area contributed by atoms with Crippen LogP contribution >= 0.6 is 15.9 Å². The standard InChI is InChI=1S/C14H27BrN4O/c1-6-16-13(9-11(2)20-5)14-12(15)10-17-19(14)8-7-18(3)4/h10-11,13,16H,6-9H2,1-5H3. The van der Waals surface area contributed by atoms with Crippen molar-refractivity contribution in [3.63, 3.8) is 0 Å². The van der Waals surface area contributed by atoms with Crippen molar-refractivity contribution in [2.45, 2.75) is 39.0 Å². The van der Waals surface area contributed by atoms with Crippen LogP contribution in [0, 0.1) is 0 Å². The molecule has 0 spiro atoms. The molecule has 2 unspecified atom stereocenters. The fourth-order valence-corrected chi connectivity index (χ4v) is 2.73. The van der Waals surface area contributed by atoms with Gasteiger partial charge in [-0.05, 0) is 49.9 Å². The molecule has 0 radical (unpaired) electrons. The normalized spacial score (nSPS) is 14.8. The zero-order chi connectivity index (χ0) is 15.1. The molecule has 0 aliphatic rings. The molecule has 0 aliphatic heterocycles. The van der Waals surface area contributed by atoms with Crippen LogP contribution in [0.4, 0.5) is 0 Å². The van der Waals surface area contributed by atoms with Crippen LogP contribution in [0.5, 0.6) is 0 Å². The molecule has 6 heteroatoms. The van der Waals surface area contributed by atoms with Gasteiger partial charge in [0.15, 0.2) is 0 Å². The summed E-state index contributed by atoms with van der Waals surface area (Å²) < 4.78 is 8.55. The number of nitrogens with one attached hydrogen (secondary N) is 1. The Morgan fingerprint density at radius 2 is 2.20 bits per heavy atom. The topological polar surface area (TPSA) is 42.3 Å². The van der Waals surface area contributed by atoms with E-state index in [1.165, 1.54) is 5.69 Å². The summed E-state index contributed by atoms with van der Waals surface area (Å²) in [7, 11) is 5.91. The molecule has 5 nitrogen and oxygen atoms in total. The van der Waals surface area contributed by atoms with Gasteiger partial charge in [0.25, 0.3) is 0 Å². The molecule has 0 bridgehead atoms. The van der Waals surface area contributed by atoms with Crippen LogP contribution in [-0.4, -0.2) is 55.1 Å².